The van der Waals surface area contributed by atoms with Crippen molar-refractivity contribution in [2.45, 2.75) is 32.5 Å². The van der Waals surface area contributed by atoms with Crippen LogP contribution in [0.3, 0.4) is 0 Å². The first-order valence-corrected chi connectivity index (χ1v) is 5.21. The van der Waals surface area contributed by atoms with E-state index in [1.54, 1.807) is 6.33 Å². The van der Waals surface area contributed by atoms with Gasteiger partial charge in [0.1, 0.15) is 12.2 Å². The SMILES string of the molecule is CCn1cnnc1CNC1CCNC1. The molecule has 1 unspecified atom stereocenters. The summed E-state index contributed by atoms with van der Waals surface area (Å²) >= 11 is 0. The lowest BCUT2D eigenvalue weighted by molar-refractivity contribution is 0.520. The molecule has 2 heterocycles. The summed E-state index contributed by atoms with van der Waals surface area (Å²) in [6, 6.07) is 0.594. The molecule has 14 heavy (non-hydrogen) atoms. The van der Waals surface area contributed by atoms with Crippen molar-refractivity contribution >= 4 is 0 Å². The molecule has 2 rings (SSSR count). The molecule has 1 fully saturated rings. The van der Waals surface area contributed by atoms with E-state index in [0.717, 1.165) is 32.0 Å². The molecular formula is C9H17N5. The van der Waals surface area contributed by atoms with E-state index < -0.39 is 0 Å². The average Bonchev–Trinajstić information content (AvgIpc) is 2.85. The fraction of sp³-hybridized carbons (Fsp3) is 0.778. The summed E-state index contributed by atoms with van der Waals surface area (Å²) in [5.41, 5.74) is 0. The number of nitrogens with one attached hydrogen (secondary N) is 2. The van der Waals surface area contributed by atoms with Gasteiger partial charge in [0.2, 0.25) is 0 Å². The highest BCUT2D eigenvalue weighted by atomic mass is 15.3. The summed E-state index contributed by atoms with van der Waals surface area (Å²) in [6.45, 7) is 6.05. The quantitative estimate of drug-likeness (QED) is 0.695. The van der Waals surface area contributed by atoms with Crippen LogP contribution in [-0.4, -0.2) is 33.9 Å². The first-order chi connectivity index (χ1) is 6.90. The molecule has 5 heteroatoms. The number of aryl methyl sites for hydroxylation is 1. The molecule has 0 spiro atoms. The second-order valence-corrected chi connectivity index (χ2v) is 3.60. The highest BCUT2D eigenvalue weighted by Gasteiger charge is 2.14. The van der Waals surface area contributed by atoms with Gasteiger partial charge in [-0.1, -0.05) is 0 Å². The Morgan fingerprint density at radius 1 is 1.71 bits per heavy atom. The monoisotopic (exact) mass is 195 g/mol. The number of aromatic nitrogens is 3. The van der Waals surface area contributed by atoms with E-state index >= 15 is 0 Å². The van der Waals surface area contributed by atoms with Crippen LogP contribution in [0.15, 0.2) is 6.33 Å². The lowest BCUT2D eigenvalue weighted by Crippen LogP contribution is -2.31. The van der Waals surface area contributed by atoms with E-state index in [1.807, 2.05) is 0 Å². The van der Waals surface area contributed by atoms with Gasteiger partial charge < -0.3 is 15.2 Å². The number of nitrogens with zero attached hydrogens (tertiary/aromatic N) is 3. The molecule has 0 bridgehead atoms. The van der Waals surface area contributed by atoms with Gasteiger partial charge in [-0.25, -0.2) is 0 Å². The highest BCUT2D eigenvalue weighted by molar-refractivity contribution is 4.87. The van der Waals surface area contributed by atoms with Crippen LogP contribution in [0.25, 0.3) is 0 Å². The van der Waals surface area contributed by atoms with Crippen LogP contribution >= 0.6 is 0 Å². The normalized spacial score (nSPS) is 21.6. The fourth-order valence-corrected chi connectivity index (χ4v) is 1.74. The smallest absolute Gasteiger partial charge is 0.146 e. The van der Waals surface area contributed by atoms with E-state index in [1.165, 1.54) is 6.42 Å². The molecule has 78 valence electrons. The van der Waals surface area contributed by atoms with E-state index in [9.17, 15) is 0 Å². The lowest BCUT2D eigenvalue weighted by atomic mass is 10.2. The van der Waals surface area contributed by atoms with Gasteiger partial charge in [-0.15, -0.1) is 10.2 Å². The van der Waals surface area contributed by atoms with Crippen LogP contribution in [0.1, 0.15) is 19.2 Å². The Morgan fingerprint density at radius 3 is 3.36 bits per heavy atom. The third kappa shape index (κ3) is 2.10. The topological polar surface area (TPSA) is 54.8 Å². The molecular weight excluding hydrogens is 178 g/mol. The molecule has 0 saturated carbocycles. The molecule has 0 aliphatic carbocycles. The van der Waals surface area contributed by atoms with Gasteiger partial charge in [-0.3, -0.25) is 0 Å². The van der Waals surface area contributed by atoms with Crippen LogP contribution in [0.4, 0.5) is 0 Å². The Balaban J connectivity index is 1.84. The minimum atomic E-state index is 0.594. The minimum Gasteiger partial charge on any atom is -0.317 e. The van der Waals surface area contributed by atoms with Crippen molar-refractivity contribution in [2.24, 2.45) is 0 Å². The van der Waals surface area contributed by atoms with Crippen LogP contribution < -0.4 is 10.6 Å². The van der Waals surface area contributed by atoms with Crippen LogP contribution in [-0.2, 0) is 13.1 Å². The van der Waals surface area contributed by atoms with E-state index in [2.05, 4.69) is 32.3 Å². The largest absolute Gasteiger partial charge is 0.317 e. The van der Waals surface area contributed by atoms with E-state index in [0.29, 0.717) is 6.04 Å². The molecule has 0 aromatic carbocycles. The standard InChI is InChI=1S/C9H17N5/c1-2-14-7-12-13-9(14)6-11-8-3-4-10-5-8/h7-8,10-11H,2-6H2,1H3. The van der Waals surface area contributed by atoms with Gasteiger partial charge in [0, 0.05) is 19.1 Å². The predicted octanol–water partition coefficient (Wildman–Crippen LogP) is -0.250. The van der Waals surface area contributed by atoms with Crippen LogP contribution in [0, 0.1) is 0 Å². The zero-order chi connectivity index (χ0) is 9.80. The molecule has 0 radical (unpaired) electrons. The number of hydrogen-bond donors (Lipinski definition) is 2. The summed E-state index contributed by atoms with van der Waals surface area (Å²) < 4.78 is 2.06. The zero-order valence-corrected chi connectivity index (χ0v) is 8.53. The molecule has 1 aliphatic rings. The van der Waals surface area contributed by atoms with E-state index in [4.69, 9.17) is 0 Å². The summed E-state index contributed by atoms with van der Waals surface area (Å²) in [5.74, 6) is 1.03. The Labute approximate surface area is 83.9 Å². The molecule has 0 amide bonds. The molecule has 1 aromatic rings. The minimum absolute atomic E-state index is 0.594. The van der Waals surface area contributed by atoms with Crippen molar-refractivity contribution in [2.75, 3.05) is 13.1 Å². The van der Waals surface area contributed by atoms with Crippen molar-refractivity contribution in [3.8, 4) is 0 Å². The predicted molar refractivity (Wildman–Crippen MR) is 53.8 cm³/mol. The molecule has 2 N–H and O–H groups in total. The maximum atomic E-state index is 4.08. The molecule has 1 aromatic heterocycles. The summed E-state index contributed by atoms with van der Waals surface area (Å²) in [4.78, 5) is 0. The fourth-order valence-electron chi connectivity index (χ4n) is 1.74. The first-order valence-electron chi connectivity index (χ1n) is 5.21. The Hall–Kier alpha value is -0.940. The molecule has 1 atom stereocenters. The van der Waals surface area contributed by atoms with Gasteiger partial charge >= 0.3 is 0 Å². The Morgan fingerprint density at radius 2 is 2.64 bits per heavy atom. The second-order valence-electron chi connectivity index (χ2n) is 3.60. The first kappa shape index (κ1) is 9.61. The van der Waals surface area contributed by atoms with Crippen molar-refractivity contribution in [1.82, 2.24) is 25.4 Å². The Bertz CT molecular complexity index is 276. The third-order valence-electron chi connectivity index (χ3n) is 2.65. The Kier molecular flexibility index (Phi) is 3.10. The van der Waals surface area contributed by atoms with Gasteiger partial charge in [0.15, 0.2) is 0 Å². The average molecular weight is 195 g/mol. The molecule has 5 nitrogen and oxygen atoms in total. The van der Waals surface area contributed by atoms with Crippen molar-refractivity contribution in [3.63, 3.8) is 0 Å². The van der Waals surface area contributed by atoms with Gasteiger partial charge in [0.25, 0.3) is 0 Å². The van der Waals surface area contributed by atoms with Gasteiger partial charge in [0.05, 0.1) is 6.54 Å². The van der Waals surface area contributed by atoms with Crippen LogP contribution in [0.5, 0.6) is 0 Å². The summed E-state index contributed by atoms with van der Waals surface area (Å²) in [5, 5.41) is 14.8. The maximum Gasteiger partial charge on any atom is 0.146 e. The van der Waals surface area contributed by atoms with Crippen molar-refractivity contribution < 1.29 is 0 Å². The van der Waals surface area contributed by atoms with Crippen LogP contribution in [0.2, 0.25) is 0 Å². The number of rotatable bonds is 4. The summed E-state index contributed by atoms with van der Waals surface area (Å²) in [6.07, 6.45) is 2.99. The number of hydrogen-bond acceptors (Lipinski definition) is 4. The summed E-state index contributed by atoms with van der Waals surface area (Å²) in [7, 11) is 0. The van der Waals surface area contributed by atoms with Gasteiger partial charge in [-0.05, 0) is 19.9 Å². The third-order valence-corrected chi connectivity index (χ3v) is 2.65. The maximum absolute atomic E-state index is 4.08. The van der Waals surface area contributed by atoms with Crippen molar-refractivity contribution in [1.29, 1.82) is 0 Å². The highest BCUT2D eigenvalue weighted by Crippen LogP contribution is 2.00. The lowest BCUT2D eigenvalue weighted by Gasteiger charge is -2.10. The molecule has 1 aliphatic heterocycles. The van der Waals surface area contributed by atoms with Gasteiger partial charge in [-0.2, -0.15) is 0 Å². The second kappa shape index (κ2) is 4.52. The molecule has 1 saturated heterocycles. The van der Waals surface area contributed by atoms with Crippen molar-refractivity contribution in [3.05, 3.63) is 12.2 Å². The van der Waals surface area contributed by atoms with E-state index in [-0.39, 0.29) is 0 Å². The zero-order valence-electron chi connectivity index (χ0n) is 8.53.